The number of rotatable bonds is 4. The van der Waals surface area contributed by atoms with Crippen molar-refractivity contribution in [3.63, 3.8) is 0 Å². The van der Waals surface area contributed by atoms with Crippen molar-refractivity contribution in [3.05, 3.63) is 65.2 Å². The summed E-state index contributed by atoms with van der Waals surface area (Å²) in [6, 6.07) is 16.0. The predicted molar refractivity (Wildman–Crippen MR) is 75.0 cm³/mol. The van der Waals surface area contributed by atoms with Crippen LogP contribution in [0, 0.1) is 6.92 Å². The van der Waals surface area contributed by atoms with Crippen molar-refractivity contribution in [3.8, 4) is 0 Å². The second-order valence-electron chi connectivity index (χ2n) is 4.39. The summed E-state index contributed by atoms with van der Waals surface area (Å²) < 4.78 is 0. The summed E-state index contributed by atoms with van der Waals surface area (Å²) in [7, 11) is 0. The number of carbonyl (C=O) groups excluding carboxylic acids is 1. The topological polar surface area (TPSA) is 29.1 Å². The third kappa shape index (κ3) is 2.77. The van der Waals surface area contributed by atoms with Gasteiger partial charge in [-0.05, 0) is 31.0 Å². The highest BCUT2D eigenvalue weighted by atomic mass is 16.1. The van der Waals surface area contributed by atoms with E-state index in [2.05, 4.69) is 17.4 Å². The van der Waals surface area contributed by atoms with Crippen LogP contribution in [0.25, 0.3) is 0 Å². The van der Waals surface area contributed by atoms with Crippen molar-refractivity contribution in [1.29, 1.82) is 0 Å². The third-order valence-corrected chi connectivity index (χ3v) is 2.95. The Morgan fingerprint density at radius 1 is 1.06 bits per heavy atom. The van der Waals surface area contributed by atoms with Crippen LogP contribution in [0.2, 0.25) is 0 Å². The summed E-state index contributed by atoms with van der Waals surface area (Å²) >= 11 is 0. The van der Waals surface area contributed by atoms with E-state index in [0.717, 1.165) is 23.4 Å². The highest BCUT2D eigenvalue weighted by Gasteiger charge is 2.09. The highest BCUT2D eigenvalue weighted by Crippen LogP contribution is 2.20. The molecule has 0 radical (unpaired) electrons. The standard InChI is InChI=1S/C16H17NO/c1-12-7-6-10-15(16(12)13(2)18)17-11-14-8-4-3-5-9-14/h3-10,17H,11H2,1-2H3. The summed E-state index contributed by atoms with van der Waals surface area (Å²) in [4.78, 5) is 11.7. The number of Topliss-reactive ketones (excluding diaryl/α,β-unsaturated/α-hetero) is 1. The average molecular weight is 239 g/mol. The van der Waals surface area contributed by atoms with Gasteiger partial charge in [0.15, 0.2) is 5.78 Å². The number of nitrogens with one attached hydrogen (secondary N) is 1. The summed E-state index contributed by atoms with van der Waals surface area (Å²) in [6.45, 7) is 4.30. The Morgan fingerprint density at radius 2 is 1.78 bits per heavy atom. The molecule has 0 saturated carbocycles. The minimum Gasteiger partial charge on any atom is -0.380 e. The van der Waals surface area contributed by atoms with Crippen LogP contribution in [-0.4, -0.2) is 5.78 Å². The largest absolute Gasteiger partial charge is 0.380 e. The number of carbonyl (C=O) groups is 1. The zero-order valence-corrected chi connectivity index (χ0v) is 10.7. The average Bonchev–Trinajstić information content (AvgIpc) is 2.37. The molecule has 0 saturated heterocycles. The molecule has 0 fully saturated rings. The van der Waals surface area contributed by atoms with E-state index >= 15 is 0 Å². The van der Waals surface area contributed by atoms with Crippen molar-refractivity contribution < 1.29 is 4.79 Å². The lowest BCUT2D eigenvalue weighted by atomic mass is 10.0. The van der Waals surface area contributed by atoms with Crippen molar-refractivity contribution in [2.24, 2.45) is 0 Å². The molecular weight excluding hydrogens is 222 g/mol. The zero-order chi connectivity index (χ0) is 13.0. The van der Waals surface area contributed by atoms with Gasteiger partial charge in [-0.1, -0.05) is 42.5 Å². The minimum absolute atomic E-state index is 0.101. The lowest BCUT2D eigenvalue weighted by Crippen LogP contribution is -2.06. The van der Waals surface area contributed by atoms with E-state index < -0.39 is 0 Å². The van der Waals surface area contributed by atoms with E-state index in [4.69, 9.17) is 0 Å². The fraction of sp³-hybridized carbons (Fsp3) is 0.188. The van der Waals surface area contributed by atoms with Crippen LogP contribution in [0.1, 0.15) is 28.4 Å². The molecule has 0 bridgehead atoms. The first kappa shape index (κ1) is 12.4. The first-order chi connectivity index (χ1) is 8.68. The van der Waals surface area contributed by atoms with E-state index in [0.29, 0.717) is 0 Å². The van der Waals surface area contributed by atoms with E-state index in [1.807, 2.05) is 43.3 Å². The Morgan fingerprint density at radius 3 is 2.44 bits per heavy atom. The Hall–Kier alpha value is -2.09. The molecule has 18 heavy (non-hydrogen) atoms. The van der Waals surface area contributed by atoms with Crippen molar-refractivity contribution in [2.45, 2.75) is 20.4 Å². The van der Waals surface area contributed by atoms with Crippen molar-refractivity contribution in [2.75, 3.05) is 5.32 Å². The molecule has 2 heteroatoms. The molecule has 1 N–H and O–H groups in total. The predicted octanol–water partition coefficient (Wildman–Crippen LogP) is 3.81. The SMILES string of the molecule is CC(=O)c1c(C)cccc1NCc1ccccc1. The molecule has 0 spiro atoms. The van der Waals surface area contributed by atoms with Crippen molar-refractivity contribution >= 4 is 11.5 Å². The lowest BCUT2D eigenvalue weighted by Gasteiger charge is -2.12. The van der Waals surface area contributed by atoms with Crippen LogP contribution in [0.3, 0.4) is 0 Å². The Bertz CT molecular complexity index is 546. The first-order valence-electron chi connectivity index (χ1n) is 6.07. The van der Waals surface area contributed by atoms with Crippen molar-refractivity contribution in [1.82, 2.24) is 0 Å². The van der Waals surface area contributed by atoms with Gasteiger partial charge in [-0.3, -0.25) is 4.79 Å². The van der Waals surface area contributed by atoms with Gasteiger partial charge in [0.05, 0.1) is 0 Å². The summed E-state index contributed by atoms with van der Waals surface area (Å²) in [5, 5.41) is 3.33. The van der Waals surface area contributed by atoms with Gasteiger partial charge in [0, 0.05) is 17.8 Å². The Balaban J connectivity index is 2.20. The van der Waals surface area contributed by atoms with Crippen LogP contribution < -0.4 is 5.32 Å². The van der Waals surface area contributed by atoms with E-state index in [1.165, 1.54) is 5.56 Å². The van der Waals surface area contributed by atoms with E-state index in [-0.39, 0.29) is 5.78 Å². The molecule has 0 aliphatic rings. The molecule has 0 unspecified atom stereocenters. The number of anilines is 1. The number of hydrogen-bond donors (Lipinski definition) is 1. The maximum atomic E-state index is 11.7. The summed E-state index contributed by atoms with van der Waals surface area (Å²) in [5.41, 5.74) is 3.91. The minimum atomic E-state index is 0.101. The monoisotopic (exact) mass is 239 g/mol. The quantitative estimate of drug-likeness (QED) is 0.822. The Labute approximate surface area is 108 Å². The molecule has 0 amide bonds. The maximum Gasteiger partial charge on any atom is 0.162 e. The van der Waals surface area contributed by atoms with Gasteiger partial charge in [0.1, 0.15) is 0 Å². The Kier molecular flexibility index (Phi) is 3.78. The number of benzene rings is 2. The lowest BCUT2D eigenvalue weighted by molar-refractivity contribution is 0.101. The normalized spacial score (nSPS) is 10.1. The molecule has 0 aliphatic carbocycles. The second-order valence-corrected chi connectivity index (χ2v) is 4.39. The van der Waals surface area contributed by atoms with Gasteiger partial charge in [0.2, 0.25) is 0 Å². The molecule has 2 rings (SSSR count). The fourth-order valence-corrected chi connectivity index (χ4v) is 2.08. The molecule has 0 aromatic heterocycles. The molecular formula is C16H17NO. The van der Waals surface area contributed by atoms with Gasteiger partial charge >= 0.3 is 0 Å². The summed E-state index contributed by atoms with van der Waals surface area (Å²) in [5.74, 6) is 0.101. The van der Waals surface area contributed by atoms with Gasteiger partial charge in [-0.25, -0.2) is 0 Å². The number of ketones is 1. The van der Waals surface area contributed by atoms with Crippen LogP contribution >= 0.6 is 0 Å². The number of aryl methyl sites for hydroxylation is 1. The van der Waals surface area contributed by atoms with E-state index in [9.17, 15) is 4.79 Å². The molecule has 92 valence electrons. The third-order valence-electron chi connectivity index (χ3n) is 2.95. The summed E-state index contributed by atoms with van der Waals surface area (Å²) in [6.07, 6.45) is 0. The molecule has 0 heterocycles. The van der Waals surface area contributed by atoms with Crippen LogP contribution in [0.4, 0.5) is 5.69 Å². The van der Waals surface area contributed by atoms with Crippen LogP contribution in [0.5, 0.6) is 0 Å². The molecule has 0 aliphatic heterocycles. The second kappa shape index (κ2) is 5.50. The van der Waals surface area contributed by atoms with Crippen LogP contribution in [0.15, 0.2) is 48.5 Å². The van der Waals surface area contributed by atoms with E-state index in [1.54, 1.807) is 6.92 Å². The molecule has 2 aromatic rings. The van der Waals surface area contributed by atoms with Gasteiger partial charge in [-0.15, -0.1) is 0 Å². The van der Waals surface area contributed by atoms with Gasteiger partial charge in [0.25, 0.3) is 0 Å². The zero-order valence-electron chi connectivity index (χ0n) is 10.7. The molecule has 2 aromatic carbocycles. The number of hydrogen-bond acceptors (Lipinski definition) is 2. The van der Waals surface area contributed by atoms with Crippen LogP contribution in [-0.2, 0) is 6.54 Å². The molecule has 2 nitrogen and oxygen atoms in total. The molecule has 0 atom stereocenters. The highest BCUT2D eigenvalue weighted by molar-refractivity contribution is 6.00. The van der Waals surface area contributed by atoms with Gasteiger partial charge in [-0.2, -0.15) is 0 Å². The smallest absolute Gasteiger partial charge is 0.162 e. The van der Waals surface area contributed by atoms with Gasteiger partial charge < -0.3 is 5.32 Å². The maximum absolute atomic E-state index is 11.7. The fourth-order valence-electron chi connectivity index (χ4n) is 2.08. The first-order valence-corrected chi connectivity index (χ1v) is 6.07.